The third-order valence-corrected chi connectivity index (χ3v) is 4.87. The Hall–Kier alpha value is -1.25. The van der Waals surface area contributed by atoms with Gasteiger partial charge in [0.05, 0.1) is 0 Å². The molecule has 0 heterocycles. The van der Waals surface area contributed by atoms with Crippen LogP contribution in [0.5, 0.6) is 0 Å². The molecule has 0 aliphatic rings. The molecule has 0 aromatic heterocycles. The normalized spacial score (nSPS) is 10.2. The van der Waals surface area contributed by atoms with Crippen molar-refractivity contribution in [1.29, 1.82) is 0 Å². The van der Waals surface area contributed by atoms with Gasteiger partial charge in [-0.1, -0.05) is 37.1 Å². The van der Waals surface area contributed by atoms with Crippen LogP contribution in [0.1, 0.15) is 36.1 Å². The molecule has 0 unspecified atom stereocenters. The van der Waals surface area contributed by atoms with E-state index >= 15 is 0 Å². The van der Waals surface area contributed by atoms with Crippen molar-refractivity contribution in [1.82, 2.24) is 0 Å². The van der Waals surface area contributed by atoms with Gasteiger partial charge in [-0.2, -0.15) is 12.1 Å². The van der Waals surface area contributed by atoms with Crippen molar-refractivity contribution in [2.75, 3.05) is 0 Å². The van der Waals surface area contributed by atoms with Gasteiger partial charge in [0, 0.05) is 0 Å². The first kappa shape index (κ1) is 22.0. The van der Waals surface area contributed by atoms with E-state index in [1.807, 2.05) is 0 Å². The standard InChI is InChI=1S/2C12H13.CH3Si.Hf/c2*1-3-10-7-11-6-4-5-9(2)12(11)8-10;1-2;/h2*4-8H,3H2,1-2H3;1H3;/q2*-1;;+2. The molecular weight excluding hydrogens is 507 g/mol. The number of hydrogen-bond donors (Lipinski definition) is 0. The van der Waals surface area contributed by atoms with Gasteiger partial charge in [-0.05, 0) is 26.7 Å². The molecule has 27 heavy (non-hydrogen) atoms. The van der Waals surface area contributed by atoms with Crippen LogP contribution in [0.25, 0.3) is 21.5 Å². The molecule has 0 aliphatic heterocycles. The number of rotatable bonds is 2. The second kappa shape index (κ2) is 10.9. The molecule has 0 saturated carbocycles. The second-order valence-corrected chi connectivity index (χ2v) is 12.7. The van der Waals surface area contributed by atoms with E-state index in [2.05, 4.69) is 94.9 Å². The van der Waals surface area contributed by atoms with Gasteiger partial charge in [-0.15, -0.1) is 69.1 Å². The Balaban J connectivity index is 0.000000170. The molecule has 0 fully saturated rings. The SMILES string of the molecule is CCc1cc2c(C)cccc2[cH-]1.CCc1cc2c(C)cccc2[cH-]1.C[Si]=[Hf+2]. The predicted octanol–water partition coefficient (Wildman–Crippen LogP) is 7.06. The summed E-state index contributed by atoms with van der Waals surface area (Å²) in [6.07, 6.45) is 3.49. The maximum absolute atomic E-state index is 2.30. The average molecular weight is 536 g/mol. The molecule has 4 aromatic carbocycles. The fourth-order valence-corrected chi connectivity index (χ4v) is 3.31. The van der Waals surface area contributed by atoms with Crippen molar-refractivity contribution in [3.8, 4) is 0 Å². The third-order valence-electron chi connectivity index (χ3n) is 4.87. The average Bonchev–Trinajstić information content (AvgIpc) is 3.28. The topological polar surface area (TPSA) is 0 Å². The van der Waals surface area contributed by atoms with E-state index in [4.69, 9.17) is 0 Å². The summed E-state index contributed by atoms with van der Waals surface area (Å²) in [5, 5.41) is 5.59. The monoisotopic (exact) mass is 537 g/mol. The minimum atomic E-state index is 1.13. The van der Waals surface area contributed by atoms with Crippen LogP contribution in [-0.2, 0) is 35.8 Å². The molecule has 0 nitrogen and oxygen atoms in total. The molecule has 0 aliphatic carbocycles. The molecule has 4 aromatic rings. The Morgan fingerprint density at radius 3 is 1.44 bits per heavy atom. The van der Waals surface area contributed by atoms with Crippen molar-refractivity contribution >= 4 is 27.8 Å². The van der Waals surface area contributed by atoms with Gasteiger partial charge in [-0.25, -0.2) is 0 Å². The third kappa shape index (κ3) is 5.86. The van der Waals surface area contributed by atoms with Crippen LogP contribution in [0.2, 0.25) is 6.55 Å². The number of hydrogen-bond acceptors (Lipinski definition) is 0. The summed E-state index contributed by atoms with van der Waals surface area (Å²) < 4.78 is 0. The van der Waals surface area contributed by atoms with Crippen LogP contribution in [0, 0.1) is 13.8 Å². The summed E-state index contributed by atoms with van der Waals surface area (Å²) >= 11 is 1.40. The zero-order valence-electron chi connectivity index (χ0n) is 17.2. The number of fused-ring (bicyclic) bond motifs is 2. The first-order chi connectivity index (χ1) is 13.0. The molecule has 1 radical (unpaired) electrons. The first-order valence-electron chi connectivity index (χ1n) is 9.67. The molecule has 0 N–H and O–H groups in total. The van der Waals surface area contributed by atoms with Crippen molar-refractivity contribution in [2.45, 2.75) is 47.1 Å². The van der Waals surface area contributed by atoms with Crippen LogP contribution in [0.3, 0.4) is 0 Å². The summed E-state index contributed by atoms with van der Waals surface area (Å²) in [6, 6.07) is 22.1. The van der Waals surface area contributed by atoms with E-state index in [9.17, 15) is 0 Å². The Morgan fingerprint density at radius 1 is 0.778 bits per heavy atom. The maximum atomic E-state index is 2.30. The van der Waals surface area contributed by atoms with Gasteiger partial charge in [0.2, 0.25) is 0 Å². The fourth-order valence-electron chi connectivity index (χ4n) is 3.31. The van der Waals surface area contributed by atoms with Gasteiger partial charge in [0.15, 0.2) is 0 Å². The van der Waals surface area contributed by atoms with Gasteiger partial charge in [0.1, 0.15) is 0 Å². The fraction of sp³-hybridized carbons (Fsp3) is 0.280. The first-order valence-corrected chi connectivity index (χ1v) is 16.6. The van der Waals surface area contributed by atoms with Crippen LogP contribution >= 0.6 is 0 Å². The zero-order valence-corrected chi connectivity index (χ0v) is 21.8. The summed E-state index contributed by atoms with van der Waals surface area (Å²) in [5.41, 5.74) is 5.65. The van der Waals surface area contributed by atoms with Gasteiger partial charge >= 0.3 is 35.8 Å². The van der Waals surface area contributed by atoms with Crippen molar-refractivity contribution in [3.05, 3.63) is 82.9 Å². The van der Waals surface area contributed by atoms with Gasteiger partial charge in [-0.3, -0.25) is 0 Å². The summed E-state index contributed by atoms with van der Waals surface area (Å²) in [5.74, 6) is 0. The quantitative estimate of drug-likeness (QED) is 0.190. The van der Waals surface area contributed by atoms with E-state index in [1.54, 1.807) is 0 Å². The molecule has 0 saturated heterocycles. The van der Waals surface area contributed by atoms with E-state index in [-0.39, 0.29) is 0 Å². The molecule has 0 bridgehead atoms. The molecule has 0 amide bonds. The molecular formula is C25H29HfSi. The Kier molecular flexibility index (Phi) is 8.91. The van der Waals surface area contributed by atoms with Crippen molar-refractivity contribution in [2.24, 2.45) is 0 Å². The van der Waals surface area contributed by atoms with Crippen molar-refractivity contribution in [3.63, 3.8) is 0 Å². The van der Waals surface area contributed by atoms with Crippen LogP contribution in [0.4, 0.5) is 0 Å². The molecule has 0 spiro atoms. The Bertz CT molecular complexity index is 924. The van der Waals surface area contributed by atoms with E-state index < -0.39 is 0 Å². The van der Waals surface area contributed by atoms with E-state index in [0.29, 0.717) is 0 Å². The van der Waals surface area contributed by atoms with Crippen LogP contribution in [0.15, 0.2) is 60.7 Å². The summed E-state index contributed by atoms with van der Waals surface area (Å²) in [6.45, 7) is 10.9. The second-order valence-electron chi connectivity index (χ2n) is 6.84. The molecule has 137 valence electrons. The zero-order chi connectivity index (χ0) is 19.8. The number of aryl methyl sites for hydroxylation is 4. The van der Waals surface area contributed by atoms with Crippen LogP contribution in [-0.4, -0.2) is 6.22 Å². The van der Waals surface area contributed by atoms with E-state index in [0.717, 1.165) is 12.8 Å². The van der Waals surface area contributed by atoms with Crippen molar-refractivity contribution < 1.29 is 23.0 Å². The molecule has 2 heteroatoms. The summed E-state index contributed by atoms with van der Waals surface area (Å²) in [4.78, 5) is 0. The Labute approximate surface area is 180 Å². The minimum absolute atomic E-state index is 1.13. The predicted molar refractivity (Wildman–Crippen MR) is 119 cm³/mol. The van der Waals surface area contributed by atoms with Gasteiger partial charge in [0.25, 0.3) is 0 Å². The van der Waals surface area contributed by atoms with Gasteiger partial charge < -0.3 is 0 Å². The number of benzene rings is 2. The molecule has 0 atom stereocenters. The molecule has 4 rings (SSSR count). The van der Waals surface area contributed by atoms with Crippen LogP contribution < -0.4 is 0 Å². The van der Waals surface area contributed by atoms with E-state index in [1.165, 1.54) is 73.0 Å². The Morgan fingerprint density at radius 2 is 1.15 bits per heavy atom. The summed E-state index contributed by atoms with van der Waals surface area (Å²) in [7, 11) is 0.